The lowest BCUT2D eigenvalue weighted by Crippen LogP contribution is -2.14. The molecule has 0 fully saturated rings. The molecule has 3 aromatic heterocycles. The molecule has 0 amide bonds. The summed E-state index contributed by atoms with van der Waals surface area (Å²) in [5.74, 6) is -0.664. The highest BCUT2D eigenvalue weighted by Crippen LogP contribution is 2.17. The average Bonchev–Trinajstić information content (AvgIpc) is 3.25. The number of carbonyl (C=O) groups excluding carboxylic acids is 1. The van der Waals surface area contributed by atoms with Crippen molar-refractivity contribution in [1.82, 2.24) is 24.8 Å². The Morgan fingerprint density at radius 1 is 1.16 bits per heavy atom. The SMILES string of the molecule is Cc1ccc2c(Cc3ccn[nH]3)nc(C(=O)c3ccc(F)cc3)nn12. The summed E-state index contributed by atoms with van der Waals surface area (Å²) in [6, 6.07) is 11.1. The first kappa shape index (κ1) is 15.2. The lowest BCUT2D eigenvalue weighted by molar-refractivity contribution is 0.102. The number of aryl methyl sites for hydroxylation is 1. The topological polar surface area (TPSA) is 75.9 Å². The summed E-state index contributed by atoms with van der Waals surface area (Å²) in [6.45, 7) is 1.91. The van der Waals surface area contributed by atoms with Gasteiger partial charge in [-0.2, -0.15) is 5.10 Å². The lowest BCUT2D eigenvalue weighted by Gasteiger charge is -2.07. The van der Waals surface area contributed by atoms with E-state index < -0.39 is 5.82 Å². The maximum atomic E-state index is 13.1. The van der Waals surface area contributed by atoms with Gasteiger partial charge in [0.1, 0.15) is 5.82 Å². The number of H-pyrrole nitrogens is 1. The molecule has 0 radical (unpaired) electrons. The lowest BCUT2D eigenvalue weighted by atomic mass is 10.1. The van der Waals surface area contributed by atoms with Crippen LogP contribution in [-0.2, 0) is 6.42 Å². The molecule has 124 valence electrons. The van der Waals surface area contributed by atoms with Crippen LogP contribution in [0.4, 0.5) is 4.39 Å². The number of nitrogens with one attached hydrogen (secondary N) is 1. The molecule has 0 saturated carbocycles. The van der Waals surface area contributed by atoms with Gasteiger partial charge in [-0.1, -0.05) is 0 Å². The van der Waals surface area contributed by atoms with Gasteiger partial charge in [-0.05, 0) is 49.4 Å². The van der Waals surface area contributed by atoms with Crippen LogP contribution in [0.1, 0.15) is 33.3 Å². The number of aromatic amines is 1. The number of ketones is 1. The third-order valence-electron chi connectivity index (χ3n) is 4.00. The van der Waals surface area contributed by atoms with Crippen molar-refractivity contribution in [2.75, 3.05) is 0 Å². The molecule has 4 aromatic rings. The molecule has 0 aliphatic rings. The maximum Gasteiger partial charge on any atom is 0.232 e. The summed E-state index contributed by atoms with van der Waals surface area (Å²) in [4.78, 5) is 17.2. The third-order valence-corrected chi connectivity index (χ3v) is 4.00. The van der Waals surface area contributed by atoms with Crippen LogP contribution >= 0.6 is 0 Å². The number of nitrogens with zero attached hydrogens (tertiary/aromatic N) is 4. The van der Waals surface area contributed by atoms with Crippen molar-refractivity contribution in [3.8, 4) is 0 Å². The number of aromatic nitrogens is 5. The van der Waals surface area contributed by atoms with Gasteiger partial charge in [0.05, 0.1) is 11.2 Å². The minimum Gasteiger partial charge on any atom is -0.285 e. The van der Waals surface area contributed by atoms with Gasteiger partial charge in [-0.25, -0.2) is 13.9 Å². The van der Waals surface area contributed by atoms with Gasteiger partial charge >= 0.3 is 0 Å². The van der Waals surface area contributed by atoms with E-state index in [0.717, 1.165) is 22.6 Å². The average molecular weight is 335 g/mol. The second-order valence-electron chi connectivity index (χ2n) is 5.75. The summed E-state index contributed by atoms with van der Waals surface area (Å²) in [5, 5.41) is 11.2. The number of hydrogen-bond donors (Lipinski definition) is 1. The van der Waals surface area contributed by atoms with E-state index in [2.05, 4.69) is 20.3 Å². The smallest absolute Gasteiger partial charge is 0.232 e. The van der Waals surface area contributed by atoms with E-state index in [1.165, 1.54) is 24.3 Å². The summed E-state index contributed by atoms with van der Waals surface area (Å²) in [7, 11) is 0. The molecule has 0 unspecified atom stereocenters. The van der Waals surface area contributed by atoms with E-state index in [-0.39, 0.29) is 11.6 Å². The van der Waals surface area contributed by atoms with E-state index >= 15 is 0 Å². The quantitative estimate of drug-likeness (QED) is 0.582. The van der Waals surface area contributed by atoms with Gasteiger partial charge in [-0.3, -0.25) is 9.89 Å². The molecule has 1 N–H and O–H groups in total. The van der Waals surface area contributed by atoms with Crippen molar-refractivity contribution in [2.24, 2.45) is 0 Å². The largest absolute Gasteiger partial charge is 0.285 e. The fraction of sp³-hybridized carbons (Fsp3) is 0.111. The van der Waals surface area contributed by atoms with Crippen molar-refractivity contribution in [3.63, 3.8) is 0 Å². The zero-order chi connectivity index (χ0) is 17.4. The Kier molecular flexibility index (Phi) is 3.61. The van der Waals surface area contributed by atoms with Gasteiger partial charge in [0.2, 0.25) is 11.6 Å². The van der Waals surface area contributed by atoms with Crippen molar-refractivity contribution in [2.45, 2.75) is 13.3 Å². The third kappa shape index (κ3) is 2.80. The molecule has 0 atom stereocenters. The number of fused-ring (bicyclic) bond motifs is 1. The van der Waals surface area contributed by atoms with E-state index in [1.54, 1.807) is 10.7 Å². The van der Waals surface area contributed by atoms with E-state index in [4.69, 9.17) is 0 Å². The molecular formula is C18H14FN5O. The zero-order valence-electron chi connectivity index (χ0n) is 13.4. The first-order chi connectivity index (χ1) is 12.1. The first-order valence-electron chi connectivity index (χ1n) is 7.75. The zero-order valence-corrected chi connectivity index (χ0v) is 13.4. The second kappa shape index (κ2) is 5.94. The second-order valence-corrected chi connectivity index (χ2v) is 5.75. The van der Waals surface area contributed by atoms with Crippen LogP contribution in [0.5, 0.6) is 0 Å². The minimum absolute atomic E-state index is 0.0768. The Hall–Kier alpha value is -3.35. The van der Waals surface area contributed by atoms with Crippen LogP contribution in [0, 0.1) is 12.7 Å². The van der Waals surface area contributed by atoms with Crippen LogP contribution in [0.2, 0.25) is 0 Å². The number of hydrogen-bond acceptors (Lipinski definition) is 4. The predicted octanol–water partition coefficient (Wildman–Crippen LogP) is 2.72. The highest BCUT2D eigenvalue weighted by atomic mass is 19.1. The Labute approximate surface area is 142 Å². The maximum absolute atomic E-state index is 13.1. The summed E-state index contributed by atoms with van der Waals surface area (Å²) >= 11 is 0. The molecular weight excluding hydrogens is 321 g/mol. The van der Waals surface area contributed by atoms with Crippen LogP contribution in [0.25, 0.3) is 5.52 Å². The fourth-order valence-electron chi connectivity index (χ4n) is 2.70. The van der Waals surface area contributed by atoms with Crippen LogP contribution in [-0.4, -0.2) is 30.6 Å². The van der Waals surface area contributed by atoms with Gasteiger partial charge in [0, 0.05) is 29.6 Å². The Balaban J connectivity index is 1.82. The number of benzene rings is 1. The Morgan fingerprint density at radius 3 is 2.68 bits per heavy atom. The van der Waals surface area contributed by atoms with Crippen molar-refractivity contribution < 1.29 is 9.18 Å². The summed E-state index contributed by atoms with van der Waals surface area (Å²) < 4.78 is 14.8. The van der Waals surface area contributed by atoms with E-state index in [9.17, 15) is 9.18 Å². The molecule has 0 aliphatic carbocycles. The highest BCUT2D eigenvalue weighted by molar-refractivity contribution is 6.06. The van der Waals surface area contributed by atoms with Gasteiger partial charge in [0.25, 0.3) is 0 Å². The normalized spacial score (nSPS) is 11.1. The summed E-state index contributed by atoms with van der Waals surface area (Å²) in [5.41, 5.74) is 3.69. The first-order valence-corrected chi connectivity index (χ1v) is 7.75. The van der Waals surface area contributed by atoms with Crippen molar-refractivity contribution in [1.29, 1.82) is 0 Å². The highest BCUT2D eigenvalue weighted by Gasteiger charge is 2.17. The van der Waals surface area contributed by atoms with E-state index in [1.807, 2.05) is 25.1 Å². The summed E-state index contributed by atoms with van der Waals surface area (Å²) in [6.07, 6.45) is 2.17. The fourth-order valence-corrected chi connectivity index (χ4v) is 2.70. The molecule has 0 bridgehead atoms. The molecule has 7 heteroatoms. The number of halogens is 1. The minimum atomic E-state index is -0.394. The number of carbonyl (C=O) groups is 1. The molecule has 4 rings (SSSR count). The van der Waals surface area contributed by atoms with Gasteiger partial charge in [-0.15, -0.1) is 5.10 Å². The molecule has 0 saturated heterocycles. The van der Waals surface area contributed by atoms with Crippen LogP contribution < -0.4 is 0 Å². The monoisotopic (exact) mass is 335 g/mol. The van der Waals surface area contributed by atoms with Crippen LogP contribution in [0.3, 0.4) is 0 Å². The van der Waals surface area contributed by atoms with Gasteiger partial charge in [0.15, 0.2) is 0 Å². The predicted molar refractivity (Wildman–Crippen MR) is 89.0 cm³/mol. The van der Waals surface area contributed by atoms with Gasteiger partial charge < -0.3 is 0 Å². The number of rotatable bonds is 4. The molecule has 25 heavy (non-hydrogen) atoms. The molecule has 3 heterocycles. The van der Waals surface area contributed by atoms with Crippen molar-refractivity contribution in [3.05, 3.63) is 82.9 Å². The Morgan fingerprint density at radius 2 is 1.96 bits per heavy atom. The van der Waals surface area contributed by atoms with Crippen LogP contribution in [0.15, 0.2) is 48.7 Å². The standard InChI is InChI=1S/C18H14FN5O/c1-11-2-7-16-15(10-14-8-9-20-22-14)21-18(23-24(11)16)17(25)12-3-5-13(19)6-4-12/h2-9H,10H2,1H3,(H,20,22). The molecule has 0 aliphatic heterocycles. The Bertz CT molecular complexity index is 1050. The van der Waals surface area contributed by atoms with E-state index in [0.29, 0.717) is 12.0 Å². The molecule has 0 spiro atoms. The molecule has 1 aromatic carbocycles. The van der Waals surface area contributed by atoms with Crippen molar-refractivity contribution >= 4 is 11.3 Å². The molecule has 6 nitrogen and oxygen atoms in total.